The number of benzene rings is 4. The van der Waals surface area contributed by atoms with Gasteiger partial charge >= 0.3 is 6.18 Å². The van der Waals surface area contributed by atoms with E-state index in [2.05, 4.69) is 16.0 Å². The molecule has 1 unspecified atom stereocenters. The third-order valence-electron chi connectivity index (χ3n) is 7.62. The van der Waals surface area contributed by atoms with Crippen LogP contribution in [-0.4, -0.2) is 28.5 Å². The van der Waals surface area contributed by atoms with Crippen LogP contribution >= 0.6 is 11.6 Å². The monoisotopic (exact) mass is 648 g/mol. The first-order chi connectivity index (χ1) is 21.8. The Labute approximate surface area is 268 Å². The van der Waals surface area contributed by atoms with Crippen LogP contribution in [0, 0.1) is 5.92 Å². The molecule has 0 radical (unpaired) electrons. The Morgan fingerprint density at radius 2 is 1.57 bits per heavy atom. The molecule has 0 saturated carbocycles. The summed E-state index contributed by atoms with van der Waals surface area (Å²) in [6.07, 6.45) is -4.59. The molecule has 3 N–H and O–H groups in total. The van der Waals surface area contributed by atoms with Gasteiger partial charge in [0, 0.05) is 29.1 Å². The van der Waals surface area contributed by atoms with Crippen LogP contribution in [0.1, 0.15) is 58.8 Å². The standard InChI is InChI=1S/C35H32ClF3N4O3/c1-20(2)32(44)40-18-22-8-12-29(36)28(14-22)33(45)42-27-11-13-30-26(16-27)17-31(43(30)19-35(37,38)39)34(46)41-21(3)24-10-9-23-6-4-5-7-25(23)15-24/h4-17,20-21H,18-19H2,1-3H3,(H,40,44)(H,41,46)(H,42,45). The van der Waals surface area contributed by atoms with Crippen molar-refractivity contribution in [3.63, 3.8) is 0 Å². The molecule has 0 aliphatic rings. The summed E-state index contributed by atoms with van der Waals surface area (Å²) in [5.74, 6) is -1.54. The lowest BCUT2D eigenvalue weighted by molar-refractivity contribution is -0.140. The summed E-state index contributed by atoms with van der Waals surface area (Å²) in [5, 5.41) is 10.9. The van der Waals surface area contributed by atoms with Gasteiger partial charge in [-0.25, -0.2) is 0 Å². The number of aromatic nitrogens is 1. The van der Waals surface area contributed by atoms with E-state index < -0.39 is 30.6 Å². The Morgan fingerprint density at radius 3 is 2.28 bits per heavy atom. The highest BCUT2D eigenvalue weighted by atomic mass is 35.5. The molecular weight excluding hydrogens is 617 g/mol. The van der Waals surface area contributed by atoms with E-state index in [0.29, 0.717) is 16.6 Å². The molecule has 0 fully saturated rings. The number of fused-ring (bicyclic) bond motifs is 2. The normalized spacial score (nSPS) is 12.3. The SMILES string of the molecule is CC(C)C(=O)NCc1ccc(Cl)c(C(=O)Nc2ccc3c(c2)cc(C(=O)NC(C)c2ccc4ccccc4c2)n3CC(F)(F)F)c1. The first-order valence-corrected chi connectivity index (χ1v) is 15.0. The van der Waals surface area contributed by atoms with Crippen molar-refractivity contribution in [3.05, 3.63) is 112 Å². The van der Waals surface area contributed by atoms with Gasteiger partial charge in [-0.3, -0.25) is 14.4 Å². The molecule has 238 valence electrons. The zero-order valence-corrected chi connectivity index (χ0v) is 26.1. The van der Waals surface area contributed by atoms with Crippen LogP contribution in [-0.2, 0) is 17.9 Å². The van der Waals surface area contributed by atoms with Crippen molar-refractivity contribution in [2.45, 2.75) is 46.1 Å². The molecule has 0 saturated heterocycles. The molecule has 46 heavy (non-hydrogen) atoms. The van der Waals surface area contributed by atoms with E-state index in [4.69, 9.17) is 11.6 Å². The number of rotatable bonds is 9. The van der Waals surface area contributed by atoms with Crippen molar-refractivity contribution < 1.29 is 27.6 Å². The molecule has 5 rings (SSSR count). The fourth-order valence-corrected chi connectivity index (χ4v) is 5.37. The van der Waals surface area contributed by atoms with E-state index in [-0.39, 0.29) is 40.2 Å². The van der Waals surface area contributed by atoms with Crippen LogP contribution < -0.4 is 16.0 Å². The largest absolute Gasteiger partial charge is 0.406 e. The zero-order chi connectivity index (χ0) is 33.2. The maximum absolute atomic E-state index is 13.7. The van der Waals surface area contributed by atoms with E-state index in [9.17, 15) is 27.6 Å². The Balaban J connectivity index is 1.39. The Kier molecular flexibility index (Phi) is 9.39. The smallest absolute Gasteiger partial charge is 0.352 e. The summed E-state index contributed by atoms with van der Waals surface area (Å²) < 4.78 is 41.9. The number of carbonyl (C=O) groups is 3. The van der Waals surface area contributed by atoms with Gasteiger partial charge in [-0.05, 0) is 71.3 Å². The summed E-state index contributed by atoms with van der Waals surface area (Å²) >= 11 is 6.30. The minimum absolute atomic E-state index is 0.136. The average molecular weight is 649 g/mol. The average Bonchev–Trinajstić information content (AvgIpc) is 3.36. The lowest BCUT2D eigenvalue weighted by Gasteiger charge is -2.17. The second-order valence-electron chi connectivity index (χ2n) is 11.4. The molecule has 0 aliphatic carbocycles. The third kappa shape index (κ3) is 7.51. The number of nitrogens with zero attached hydrogens (tertiary/aromatic N) is 1. The van der Waals surface area contributed by atoms with Crippen LogP contribution in [0.4, 0.5) is 18.9 Å². The van der Waals surface area contributed by atoms with Gasteiger partial charge in [-0.1, -0.05) is 67.9 Å². The van der Waals surface area contributed by atoms with Gasteiger partial charge in [0.25, 0.3) is 11.8 Å². The topological polar surface area (TPSA) is 92.2 Å². The first-order valence-electron chi connectivity index (χ1n) is 14.7. The van der Waals surface area contributed by atoms with Crippen molar-refractivity contribution in [2.24, 2.45) is 5.92 Å². The number of alkyl halides is 3. The van der Waals surface area contributed by atoms with Crippen LogP contribution in [0.5, 0.6) is 0 Å². The molecule has 5 aromatic rings. The minimum atomic E-state index is -4.59. The molecule has 11 heteroatoms. The van der Waals surface area contributed by atoms with Gasteiger partial charge in [0.05, 0.1) is 16.6 Å². The number of amides is 3. The number of hydrogen-bond donors (Lipinski definition) is 3. The van der Waals surface area contributed by atoms with Crippen molar-refractivity contribution >= 4 is 56.7 Å². The second-order valence-corrected chi connectivity index (χ2v) is 11.9. The van der Waals surface area contributed by atoms with Gasteiger partial charge in [0.1, 0.15) is 12.2 Å². The predicted molar refractivity (Wildman–Crippen MR) is 174 cm³/mol. The zero-order valence-electron chi connectivity index (χ0n) is 25.3. The maximum Gasteiger partial charge on any atom is 0.406 e. The highest BCUT2D eigenvalue weighted by Gasteiger charge is 2.31. The highest BCUT2D eigenvalue weighted by Crippen LogP contribution is 2.29. The van der Waals surface area contributed by atoms with Crippen LogP contribution in [0.25, 0.3) is 21.7 Å². The number of nitrogens with one attached hydrogen (secondary N) is 3. The van der Waals surface area contributed by atoms with Gasteiger partial charge in [0.2, 0.25) is 5.91 Å². The Bertz CT molecular complexity index is 1950. The van der Waals surface area contributed by atoms with Gasteiger partial charge in [0.15, 0.2) is 0 Å². The predicted octanol–water partition coefficient (Wildman–Crippen LogP) is 8.03. The summed E-state index contributed by atoms with van der Waals surface area (Å²) in [5.41, 5.74) is 1.95. The molecule has 1 atom stereocenters. The van der Waals surface area contributed by atoms with Crippen LogP contribution in [0.2, 0.25) is 5.02 Å². The van der Waals surface area contributed by atoms with E-state index in [1.54, 1.807) is 39.0 Å². The first kappa shape index (κ1) is 32.6. The third-order valence-corrected chi connectivity index (χ3v) is 7.95. The number of halogens is 4. The maximum atomic E-state index is 13.7. The molecule has 4 aromatic carbocycles. The summed E-state index contributed by atoms with van der Waals surface area (Å²) in [4.78, 5) is 38.5. The van der Waals surface area contributed by atoms with E-state index in [1.165, 1.54) is 24.3 Å². The molecule has 0 aliphatic heterocycles. The Hall–Kier alpha value is -4.83. The van der Waals surface area contributed by atoms with E-state index in [0.717, 1.165) is 20.9 Å². The van der Waals surface area contributed by atoms with Crippen molar-refractivity contribution in [1.82, 2.24) is 15.2 Å². The fourth-order valence-electron chi connectivity index (χ4n) is 5.17. The number of anilines is 1. The minimum Gasteiger partial charge on any atom is -0.352 e. The molecule has 1 heterocycles. The molecule has 3 amide bonds. The number of hydrogen-bond acceptors (Lipinski definition) is 3. The molecule has 0 bridgehead atoms. The van der Waals surface area contributed by atoms with Crippen molar-refractivity contribution in [2.75, 3.05) is 5.32 Å². The molecule has 7 nitrogen and oxygen atoms in total. The van der Waals surface area contributed by atoms with E-state index in [1.807, 2.05) is 42.5 Å². The fraction of sp³-hybridized carbons (Fsp3) is 0.229. The number of carbonyl (C=O) groups excluding carboxylic acids is 3. The van der Waals surface area contributed by atoms with Gasteiger partial charge < -0.3 is 20.5 Å². The van der Waals surface area contributed by atoms with E-state index >= 15 is 0 Å². The van der Waals surface area contributed by atoms with Crippen molar-refractivity contribution in [3.8, 4) is 0 Å². The van der Waals surface area contributed by atoms with Crippen LogP contribution in [0.15, 0.2) is 84.9 Å². The Morgan fingerprint density at radius 1 is 0.826 bits per heavy atom. The molecule has 1 aromatic heterocycles. The van der Waals surface area contributed by atoms with Crippen molar-refractivity contribution in [1.29, 1.82) is 0 Å². The van der Waals surface area contributed by atoms with Gasteiger partial charge in [-0.2, -0.15) is 13.2 Å². The summed E-state index contributed by atoms with van der Waals surface area (Å²) in [7, 11) is 0. The quantitative estimate of drug-likeness (QED) is 0.151. The molecule has 0 spiro atoms. The summed E-state index contributed by atoms with van der Waals surface area (Å²) in [6, 6.07) is 23.6. The molecular formula is C35H32ClF3N4O3. The lowest BCUT2D eigenvalue weighted by Crippen LogP contribution is -2.30. The highest BCUT2D eigenvalue weighted by molar-refractivity contribution is 6.34. The van der Waals surface area contributed by atoms with Gasteiger partial charge in [-0.15, -0.1) is 0 Å². The lowest BCUT2D eigenvalue weighted by atomic mass is 10.0. The van der Waals surface area contributed by atoms with Crippen LogP contribution in [0.3, 0.4) is 0 Å². The summed E-state index contributed by atoms with van der Waals surface area (Å²) in [6.45, 7) is 4.14. The second kappa shape index (κ2) is 13.3.